The van der Waals surface area contributed by atoms with Crippen molar-refractivity contribution in [2.24, 2.45) is 11.5 Å². The third kappa shape index (κ3) is 10.8. The summed E-state index contributed by atoms with van der Waals surface area (Å²) in [6.07, 6.45) is 0. The third-order valence-electron chi connectivity index (χ3n) is 0.167. The second-order valence-electron chi connectivity index (χ2n) is 0.577. The first-order chi connectivity index (χ1) is 1.91. The Bertz CT molecular complexity index is 9.61. The smallest absolute Gasteiger partial charge is 0.329 e. The molecule has 0 aliphatic rings. The third-order valence-corrected chi connectivity index (χ3v) is 0.167. The van der Waals surface area contributed by atoms with Crippen molar-refractivity contribution in [3.8, 4) is 0 Å². The van der Waals surface area contributed by atoms with Crippen LogP contribution in [0.25, 0.3) is 0 Å². The summed E-state index contributed by atoms with van der Waals surface area (Å²) in [5.41, 5.74) is 9.81. The number of rotatable bonds is 1. The van der Waals surface area contributed by atoms with Gasteiger partial charge in [-0.25, -0.2) is 0 Å². The van der Waals surface area contributed by atoms with Crippen LogP contribution in [0.15, 0.2) is 0 Å². The van der Waals surface area contributed by atoms with E-state index in [1.54, 1.807) is 0 Å². The molecule has 0 radical (unpaired) electrons. The molecule has 0 bridgehead atoms. The van der Waals surface area contributed by atoms with Gasteiger partial charge < -0.3 is 11.5 Å². The van der Waals surface area contributed by atoms with Crippen LogP contribution in [-0.4, -0.2) is 13.1 Å². The molecule has 0 amide bonds. The van der Waals surface area contributed by atoms with Crippen molar-refractivity contribution in [1.82, 2.24) is 0 Å². The summed E-state index contributed by atoms with van der Waals surface area (Å²) in [7, 11) is 0. The maximum absolute atomic E-state index is 4.90. The van der Waals surface area contributed by atoms with Crippen molar-refractivity contribution < 1.29 is 51.4 Å². The van der Waals surface area contributed by atoms with E-state index in [4.69, 9.17) is 11.5 Å². The molecule has 3 heteroatoms. The molecule has 0 heterocycles. The van der Waals surface area contributed by atoms with Crippen LogP contribution in [0.5, 0.6) is 0 Å². The van der Waals surface area contributed by atoms with E-state index in [1.807, 2.05) is 0 Å². The van der Waals surface area contributed by atoms with E-state index in [9.17, 15) is 0 Å². The standard InChI is InChI=1S/C2H8N2.K/c3-1-2-4;/h1-4H2;/q;+1. The molecule has 0 aliphatic heterocycles. The normalized spacial score (nSPS) is 6.00. The summed E-state index contributed by atoms with van der Waals surface area (Å²) < 4.78 is 0. The van der Waals surface area contributed by atoms with Crippen molar-refractivity contribution in [2.45, 2.75) is 0 Å². The molecule has 0 saturated heterocycles. The van der Waals surface area contributed by atoms with Crippen LogP contribution in [0.3, 0.4) is 0 Å². The fraction of sp³-hybridized carbons (Fsp3) is 1.00. The summed E-state index contributed by atoms with van der Waals surface area (Å²) in [6, 6.07) is 0. The quantitative estimate of drug-likeness (QED) is 0.328. The van der Waals surface area contributed by atoms with Gasteiger partial charge in [0.05, 0.1) is 0 Å². The average molecular weight is 99.2 g/mol. The van der Waals surface area contributed by atoms with E-state index < -0.39 is 0 Å². The first kappa shape index (κ1) is 9.75. The predicted molar refractivity (Wildman–Crippen MR) is 18.1 cm³/mol. The fourth-order valence-electron chi connectivity index (χ4n) is 0. The van der Waals surface area contributed by atoms with Crippen LogP contribution < -0.4 is 62.9 Å². The molecule has 26 valence electrons. The van der Waals surface area contributed by atoms with Crippen LogP contribution >= 0.6 is 0 Å². The van der Waals surface area contributed by atoms with E-state index >= 15 is 0 Å². The van der Waals surface area contributed by atoms with Crippen LogP contribution in [-0.2, 0) is 0 Å². The van der Waals surface area contributed by atoms with Gasteiger partial charge in [0.15, 0.2) is 0 Å². The molecule has 0 unspecified atom stereocenters. The topological polar surface area (TPSA) is 52.0 Å². The Kier molecular flexibility index (Phi) is 17.8. The Labute approximate surface area is 74.7 Å². The first-order valence-electron chi connectivity index (χ1n) is 1.32. The molecule has 0 aliphatic carbocycles. The van der Waals surface area contributed by atoms with Crippen LogP contribution in [0.2, 0.25) is 0 Å². The maximum Gasteiger partial charge on any atom is 1.00 e. The summed E-state index contributed by atoms with van der Waals surface area (Å²) in [6.45, 7) is 1.19. The zero-order chi connectivity index (χ0) is 3.41. The second kappa shape index (κ2) is 9.12. The monoisotopic (exact) mass is 99.0 g/mol. The molecule has 0 rings (SSSR count). The summed E-state index contributed by atoms with van der Waals surface area (Å²) in [5.74, 6) is 0. The minimum atomic E-state index is 0. The Balaban J connectivity index is 0. The van der Waals surface area contributed by atoms with Crippen LogP contribution in [0.1, 0.15) is 0 Å². The van der Waals surface area contributed by atoms with E-state index in [0.717, 1.165) is 0 Å². The van der Waals surface area contributed by atoms with Crippen molar-refractivity contribution >= 4 is 0 Å². The summed E-state index contributed by atoms with van der Waals surface area (Å²) in [5, 5.41) is 0. The largest absolute Gasteiger partial charge is 1.00 e. The van der Waals surface area contributed by atoms with Gasteiger partial charge in [-0.2, -0.15) is 0 Å². The van der Waals surface area contributed by atoms with Gasteiger partial charge in [0.1, 0.15) is 0 Å². The molecular weight excluding hydrogens is 91.1 g/mol. The van der Waals surface area contributed by atoms with Crippen molar-refractivity contribution in [3.05, 3.63) is 0 Å². The minimum absolute atomic E-state index is 0. The first-order valence-corrected chi connectivity index (χ1v) is 1.32. The van der Waals surface area contributed by atoms with Crippen LogP contribution in [0.4, 0.5) is 0 Å². The zero-order valence-corrected chi connectivity index (χ0v) is 6.69. The van der Waals surface area contributed by atoms with Crippen molar-refractivity contribution in [3.63, 3.8) is 0 Å². The molecular formula is C2H8KN2+. The summed E-state index contributed by atoms with van der Waals surface area (Å²) in [4.78, 5) is 0. The molecule has 0 saturated carbocycles. The van der Waals surface area contributed by atoms with Crippen molar-refractivity contribution in [1.29, 1.82) is 0 Å². The average Bonchev–Trinajstić information content (AvgIpc) is 1.37. The molecule has 5 heavy (non-hydrogen) atoms. The van der Waals surface area contributed by atoms with Gasteiger partial charge in [0, 0.05) is 13.1 Å². The molecule has 0 aromatic carbocycles. The fourth-order valence-corrected chi connectivity index (χ4v) is 0. The van der Waals surface area contributed by atoms with Gasteiger partial charge in [-0.15, -0.1) is 0 Å². The molecule has 0 aromatic heterocycles. The van der Waals surface area contributed by atoms with Gasteiger partial charge in [0.2, 0.25) is 0 Å². The number of hydrogen-bond donors (Lipinski definition) is 2. The van der Waals surface area contributed by atoms with Gasteiger partial charge in [-0.3, -0.25) is 0 Å². The molecule has 4 N–H and O–H groups in total. The SMILES string of the molecule is NCCN.[K+]. The van der Waals surface area contributed by atoms with E-state index in [2.05, 4.69) is 0 Å². The minimum Gasteiger partial charge on any atom is -0.329 e. The van der Waals surface area contributed by atoms with E-state index in [-0.39, 0.29) is 51.4 Å². The second-order valence-corrected chi connectivity index (χ2v) is 0.577. The van der Waals surface area contributed by atoms with Crippen LogP contribution in [0, 0.1) is 0 Å². The Morgan fingerprint density at radius 3 is 1.20 bits per heavy atom. The number of nitrogens with two attached hydrogens (primary N) is 2. The maximum atomic E-state index is 4.90. The zero-order valence-electron chi connectivity index (χ0n) is 3.57. The Morgan fingerprint density at radius 2 is 1.20 bits per heavy atom. The van der Waals surface area contributed by atoms with E-state index in [0.29, 0.717) is 13.1 Å². The van der Waals surface area contributed by atoms with E-state index in [1.165, 1.54) is 0 Å². The predicted octanol–water partition coefficient (Wildman–Crippen LogP) is -4.09. The molecule has 0 aromatic rings. The molecule has 0 atom stereocenters. The Hall–Kier alpha value is 1.56. The number of hydrogen-bond acceptors (Lipinski definition) is 2. The van der Waals surface area contributed by atoms with Gasteiger partial charge in [-0.1, -0.05) is 0 Å². The Morgan fingerprint density at radius 1 is 1.00 bits per heavy atom. The molecule has 0 fully saturated rings. The van der Waals surface area contributed by atoms with Gasteiger partial charge in [-0.05, 0) is 0 Å². The molecule has 2 nitrogen and oxygen atoms in total. The molecule has 0 spiro atoms. The summed E-state index contributed by atoms with van der Waals surface area (Å²) >= 11 is 0. The van der Waals surface area contributed by atoms with Crippen molar-refractivity contribution in [2.75, 3.05) is 13.1 Å². The van der Waals surface area contributed by atoms with Gasteiger partial charge >= 0.3 is 51.4 Å². The van der Waals surface area contributed by atoms with Gasteiger partial charge in [0.25, 0.3) is 0 Å².